The van der Waals surface area contributed by atoms with Gasteiger partial charge in [0.05, 0.1) is 18.6 Å². The van der Waals surface area contributed by atoms with Crippen LogP contribution in [0.15, 0.2) is 36.9 Å². The number of fused-ring (bicyclic) bond motifs is 2. The fraction of sp³-hybridized carbons (Fsp3) is 0.500. The fourth-order valence-electron chi connectivity index (χ4n) is 4.14. The van der Waals surface area contributed by atoms with Gasteiger partial charge in [-0.15, -0.1) is 0 Å². The van der Waals surface area contributed by atoms with E-state index in [1.54, 1.807) is 17.0 Å². The van der Waals surface area contributed by atoms with Gasteiger partial charge >= 0.3 is 6.03 Å². The molecule has 1 aromatic rings. The number of carbonyl (C=O) groups is 1. The summed E-state index contributed by atoms with van der Waals surface area (Å²) in [7, 11) is 0. The van der Waals surface area contributed by atoms with Gasteiger partial charge < -0.3 is 15.5 Å². The van der Waals surface area contributed by atoms with Crippen molar-refractivity contribution < 1.29 is 9.69 Å². The Morgan fingerprint density at radius 1 is 1.26 bits per heavy atom. The maximum atomic E-state index is 12.2. The maximum Gasteiger partial charge on any atom is 0.319 e. The molecule has 0 spiro atoms. The SMILES string of the molecule is C=CC[NH+]1[C@@H]2CCC[C@H]1CC(NC(=O)Nc1ccc(Cl)cc1)C2. The molecule has 4 nitrogen and oxygen atoms in total. The number of piperidine rings is 2. The summed E-state index contributed by atoms with van der Waals surface area (Å²) in [6.45, 7) is 4.93. The second-order valence-corrected chi connectivity index (χ2v) is 7.10. The maximum absolute atomic E-state index is 12.2. The van der Waals surface area contributed by atoms with Crippen molar-refractivity contribution in [2.24, 2.45) is 0 Å². The van der Waals surface area contributed by atoms with Gasteiger partial charge in [0.15, 0.2) is 0 Å². The molecule has 2 aliphatic heterocycles. The number of benzene rings is 1. The highest BCUT2D eigenvalue weighted by Gasteiger charge is 2.41. The van der Waals surface area contributed by atoms with E-state index in [4.69, 9.17) is 11.6 Å². The molecule has 2 saturated heterocycles. The van der Waals surface area contributed by atoms with Crippen LogP contribution in [0.5, 0.6) is 0 Å². The molecule has 23 heavy (non-hydrogen) atoms. The molecule has 0 saturated carbocycles. The van der Waals surface area contributed by atoms with Gasteiger partial charge in [0.2, 0.25) is 0 Å². The normalized spacial score (nSPS) is 29.6. The number of quaternary nitrogens is 1. The summed E-state index contributed by atoms with van der Waals surface area (Å²) in [4.78, 5) is 13.9. The molecule has 3 N–H and O–H groups in total. The monoisotopic (exact) mass is 334 g/mol. The number of urea groups is 1. The van der Waals surface area contributed by atoms with Crippen LogP contribution in [0.25, 0.3) is 0 Å². The van der Waals surface area contributed by atoms with Gasteiger partial charge in [0.25, 0.3) is 0 Å². The number of amides is 2. The van der Waals surface area contributed by atoms with Gasteiger partial charge in [-0.25, -0.2) is 4.79 Å². The molecule has 2 unspecified atom stereocenters. The van der Waals surface area contributed by atoms with E-state index in [0.29, 0.717) is 17.1 Å². The molecule has 5 heteroatoms. The number of hydrogen-bond donors (Lipinski definition) is 3. The van der Waals surface area contributed by atoms with Crippen molar-refractivity contribution in [1.82, 2.24) is 5.32 Å². The van der Waals surface area contributed by atoms with Crippen LogP contribution in [0.1, 0.15) is 32.1 Å². The molecule has 2 heterocycles. The number of halogens is 1. The first-order valence-electron chi connectivity index (χ1n) is 8.45. The van der Waals surface area contributed by atoms with Crippen molar-refractivity contribution in [2.45, 2.75) is 50.2 Å². The summed E-state index contributed by atoms with van der Waals surface area (Å²) in [5.74, 6) is 0. The van der Waals surface area contributed by atoms with E-state index in [0.717, 1.165) is 25.1 Å². The Kier molecular flexibility index (Phi) is 5.23. The second kappa shape index (κ2) is 7.37. The second-order valence-electron chi connectivity index (χ2n) is 6.67. The summed E-state index contributed by atoms with van der Waals surface area (Å²) >= 11 is 5.86. The van der Waals surface area contributed by atoms with Crippen LogP contribution in [0, 0.1) is 0 Å². The topological polar surface area (TPSA) is 45.6 Å². The summed E-state index contributed by atoms with van der Waals surface area (Å²) < 4.78 is 0. The average Bonchev–Trinajstić information content (AvgIpc) is 2.50. The summed E-state index contributed by atoms with van der Waals surface area (Å²) in [6, 6.07) is 8.63. The van der Waals surface area contributed by atoms with E-state index in [-0.39, 0.29) is 12.1 Å². The number of hydrogen-bond acceptors (Lipinski definition) is 1. The standard InChI is InChI=1S/C18H24ClN3O/c1-2-10-22-16-4-3-5-17(22)12-15(11-16)21-18(23)20-14-8-6-13(19)7-9-14/h2,6-9,15-17H,1,3-5,10-12H2,(H2,20,21,23)/p+1/t15?,16-,17+. The van der Waals surface area contributed by atoms with Crippen LogP contribution < -0.4 is 15.5 Å². The predicted octanol–water partition coefficient (Wildman–Crippen LogP) is 2.62. The van der Waals surface area contributed by atoms with Gasteiger partial charge in [-0.1, -0.05) is 18.2 Å². The Morgan fingerprint density at radius 2 is 1.91 bits per heavy atom. The number of nitrogens with one attached hydrogen (secondary N) is 3. The minimum absolute atomic E-state index is 0.123. The van der Waals surface area contributed by atoms with Gasteiger partial charge in [0, 0.05) is 29.6 Å². The lowest BCUT2D eigenvalue weighted by Crippen LogP contribution is -3.21. The van der Waals surface area contributed by atoms with E-state index in [9.17, 15) is 4.79 Å². The fourth-order valence-corrected chi connectivity index (χ4v) is 4.27. The van der Waals surface area contributed by atoms with Crippen LogP contribution in [0.2, 0.25) is 5.02 Å². The summed E-state index contributed by atoms with van der Waals surface area (Å²) in [5, 5.41) is 6.71. The van der Waals surface area contributed by atoms with Crippen molar-refractivity contribution in [3.8, 4) is 0 Å². The van der Waals surface area contributed by atoms with Crippen molar-refractivity contribution in [3.63, 3.8) is 0 Å². The zero-order valence-corrected chi connectivity index (χ0v) is 14.1. The molecule has 0 aliphatic carbocycles. The Hall–Kier alpha value is -1.52. The third-order valence-corrected chi connectivity index (χ3v) is 5.36. The van der Waals surface area contributed by atoms with E-state index in [1.807, 2.05) is 18.2 Å². The van der Waals surface area contributed by atoms with Crippen molar-refractivity contribution in [2.75, 3.05) is 11.9 Å². The van der Waals surface area contributed by atoms with E-state index < -0.39 is 0 Å². The van der Waals surface area contributed by atoms with Crippen molar-refractivity contribution >= 4 is 23.3 Å². The van der Waals surface area contributed by atoms with Gasteiger partial charge in [-0.05, 0) is 49.6 Å². The van der Waals surface area contributed by atoms with Crippen LogP contribution in [-0.4, -0.2) is 30.7 Å². The Balaban J connectivity index is 1.55. The molecule has 2 amide bonds. The largest absolute Gasteiger partial charge is 0.335 e. The zero-order chi connectivity index (χ0) is 16.2. The number of carbonyl (C=O) groups excluding carboxylic acids is 1. The molecule has 2 aliphatic rings. The molecular weight excluding hydrogens is 310 g/mol. The average molecular weight is 335 g/mol. The molecule has 4 atom stereocenters. The van der Waals surface area contributed by atoms with Crippen LogP contribution >= 0.6 is 11.6 Å². The van der Waals surface area contributed by atoms with E-state index in [1.165, 1.54) is 19.3 Å². The van der Waals surface area contributed by atoms with Crippen LogP contribution in [0.3, 0.4) is 0 Å². The van der Waals surface area contributed by atoms with Crippen LogP contribution in [-0.2, 0) is 0 Å². The predicted molar refractivity (Wildman–Crippen MR) is 94.1 cm³/mol. The Bertz CT molecular complexity index is 546. The highest BCUT2D eigenvalue weighted by Crippen LogP contribution is 2.22. The van der Waals surface area contributed by atoms with Crippen LogP contribution in [0.4, 0.5) is 10.5 Å². The van der Waals surface area contributed by atoms with E-state index >= 15 is 0 Å². The summed E-state index contributed by atoms with van der Waals surface area (Å²) in [6.07, 6.45) is 8.00. The third kappa shape index (κ3) is 4.06. The van der Waals surface area contributed by atoms with Crippen molar-refractivity contribution in [3.05, 3.63) is 41.9 Å². The lowest BCUT2D eigenvalue weighted by Gasteiger charge is -2.45. The molecule has 2 bridgehead atoms. The molecule has 0 radical (unpaired) electrons. The Labute approximate surface area is 142 Å². The van der Waals surface area contributed by atoms with Gasteiger partial charge in [0.1, 0.15) is 0 Å². The number of rotatable bonds is 4. The molecule has 124 valence electrons. The first-order valence-corrected chi connectivity index (χ1v) is 8.83. The lowest BCUT2D eigenvalue weighted by atomic mass is 9.82. The quantitative estimate of drug-likeness (QED) is 0.728. The zero-order valence-electron chi connectivity index (χ0n) is 13.4. The number of anilines is 1. The molecule has 1 aromatic carbocycles. The van der Waals surface area contributed by atoms with E-state index in [2.05, 4.69) is 17.2 Å². The summed E-state index contributed by atoms with van der Waals surface area (Å²) in [5.41, 5.74) is 0.766. The minimum atomic E-state index is -0.123. The first kappa shape index (κ1) is 16.3. The molecule has 3 rings (SSSR count). The van der Waals surface area contributed by atoms with Gasteiger partial charge in [-0.2, -0.15) is 0 Å². The molecule has 2 fully saturated rings. The molecular formula is C18H25ClN3O+. The first-order chi connectivity index (χ1) is 11.2. The highest BCUT2D eigenvalue weighted by molar-refractivity contribution is 6.30. The highest BCUT2D eigenvalue weighted by atomic mass is 35.5. The Morgan fingerprint density at radius 3 is 2.52 bits per heavy atom. The lowest BCUT2D eigenvalue weighted by molar-refractivity contribution is -0.955. The third-order valence-electron chi connectivity index (χ3n) is 5.11. The van der Waals surface area contributed by atoms with Crippen molar-refractivity contribution in [1.29, 1.82) is 0 Å². The van der Waals surface area contributed by atoms with Gasteiger partial charge in [-0.3, -0.25) is 0 Å². The smallest absolute Gasteiger partial charge is 0.319 e. The molecule has 0 aromatic heterocycles. The minimum Gasteiger partial charge on any atom is -0.335 e.